The second-order valence-corrected chi connectivity index (χ2v) is 10.2. The van der Waals surface area contributed by atoms with Crippen LogP contribution in [0.5, 0.6) is 0 Å². The first kappa shape index (κ1) is 24.8. The van der Waals surface area contributed by atoms with Gasteiger partial charge < -0.3 is 20.1 Å². The van der Waals surface area contributed by atoms with E-state index in [9.17, 15) is 19.5 Å². The number of rotatable bonds is 6. The van der Waals surface area contributed by atoms with Gasteiger partial charge in [0, 0.05) is 24.4 Å². The van der Waals surface area contributed by atoms with E-state index in [0.717, 1.165) is 47.9 Å². The smallest absolute Gasteiger partial charge is 0.407 e. The number of fused-ring (bicyclic) bond motifs is 3. The molecule has 0 radical (unpaired) electrons. The third-order valence-electron chi connectivity index (χ3n) is 6.99. The van der Waals surface area contributed by atoms with E-state index < -0.39 is 23.6 Å². The molecule has 2 aromatic carbocycles. The Hall–Kier alpha value is -3.35. The van der Waals surface area contributed by atoms with E-state index in [1.807, 2.05) is 24.3 Å². The van der Waals surface area contributed by atoms with Gasteiger partial charge in [-0.25, -0.2) is 9.59 Å². The van der Waals surface area contributed by atoms with Gasteiger partial charge in [0.2, 0.25) is 5.91 Å². The lowest BCUT2D eigenvalue weighted by atomic mass is 9.97. The monoisotopic (exact) mass is 478 g/mol. The summed E-state index contributed by atoms with van der Waals surface area (Å²) in [5, 5.41) is 12.5. The number of carbonyl (C=O) groups is 3. The summed E-state index contributed by atoms with van der Waals surface area (Å²) in [7, 11) is 0. The van der Waals surface area contributed by atoms with E-state index in [2.05, 4.69) is 29.6 Å². The summed E-state index contributed by atoms with van der Waals surface area (Å²) in [5.74, 6) is -1.28. The number of nitrogens with one attached hydrogen (secondary N) is 1. The average molecular weight is 479 g/mol. The van der Waals surface area contributed by atoms with Gasteiger partial charge in [0.1, 0.15) is 12.6 Å². The van der Waals surface area contributed by atoms with E-state index in [0.29, 0.717) is 13.0 Å². The van der Waals surface area contributed by atoms with Crippen LogP contribution in [0.15, 0.2) is 48.5 Å². The van der Waals surface area contributed by atoms with Gasteiger partial charge in [0.25, 0.3) is 0 Å². The van der Waals surface area contributed by atoms with Crippen LogP contribution < -0.4 is 5.32 Å². The SMILES string of the molecule is CC(C)(CC(=O)N1CCCCCCC1C(=O)O)NC(=O)OCC1c2ccccc2-c2ccccc21. The molecule has 35 heavy (non-hydrogen) atoms. The molecule has 7 nitrogen and oxygen atoms in total. The number of hydrogen-bond donors (Lipinski definition) is 2. The first-order valence-electron chi connectivity index (χ1n) is 12.4. The number of aliphatic carboxylic acids is 1. The lowest BCUT2D eigenvalue weighted by Gasteiger charge is -2.34. The molecular weight excluding hydrogens is 444 g/mol. The molecule has 2 N–H and O–H groups in total. The van der Waals surface area contributed by atoms with Gasteiger partial charge in [-0.3, -0.25) is 4.79 Å². The zero-order valence-electron chi connectivity index (χ0n) is 20.5. The summed E-state index contributed by atoms with van der Waals surface area (Å²) >= 11 is 0. The van der Waals surface area contributed by atoms with Gasteiger partial charge in [0.05, 0.1) is 0 Å². The van der Waals surface area contributed by atoms with Crippen molar-refractivity contribution in [3.05, 3.63) is 59.7 Å². The first-order chi connectivity index (χ1) is 16.8. The van der Waals surface area contributed by atoms with Crippen LogP contribution >= 0.6 is 0 Å². The minimum Gasteiger partial charge on any atom is -0.480 e. The van der Waals surface area contributed by atoms with Crippen molar-refractivity contribution >= 4 is 18.0 Å². The van der Waals surface area contributed by atoms with E-state index in [1.165, 1.54) is 4.90 Å². The van der Waals surface area contributed by atoms with Gasteiger partial charge in [-0.1, -0.05) is 67.8 Å². The molecule has 1 unspecified atom stereocenters. The highest BCUT2D eigenvalue weighted by Gasteiger charge is 2.34. The topological polar surface area (TPSA) is 95.9 Å². The fraction of sp³-hybridized carbons (Fsp3) is 0.464. The third-order valence-corrected chi connectivity index (χ3v) is 6.99. The number of carboxylic acid groups (broad SMARTS) is 1. The maximum Gasteiger partial charge on any atom is 0.407 e. The Bertz CT molecular complexity index is 1050. The molecule has 2 aromatic rings. The highest BCUT2D eigenvalue weighted by atomic mass is 16.5. The van der Waals surface area contributed by atoms with Crippen molar-refractivity contribution in [2.45, 2.75) is 69.9 Å². The summed E-state index contributed by atoms with van der Waals surface area (Å²) in [6.45, 7) is 4.13. The zero-order chi connectivity index (χ0) is 25.0. The van der Waals surface area contributed by atoms with Crippen molar-refractivity contribution in [2.75, 3.05) is 13.2 Å². The summed E-state index contributed by atoms with van der Waals surface area (Å²) < 4.78 is 5.63. The van der Waals surface area contributed by atoms with Crippen LogP contribution in [0, 0.1) is 0 Å². The minimum atomic E-state index is -0.970. The maximum absolute atomic E-state index is 13.1. The fourth-order valence-corrected chi connectivity index (χ4v) is 5.27. The molecule has 186 valence electrons. The normalized spacial score (nSPS) is 18.1. The molecular formula is C28H34N2O5. The van der Waals surface area contributed by atoms with Crippen molar-refractivity contribution in [3.8, 4) is 11.1 Å². The third kappa shape index (κ3) is 5.66. The Morgan fingerprint density at radius 2 is 1.57 bits per heavy atom. The van der Waals surface area contributed by atoms with Crippen molar-refractivity contribution in [2.24, 2.45) is 0 Å². The molecule has 1 aliphatic heterocycles. The number of nitrogens with zero attached hydrogens (tertiary/aromatic N) is 1. The van der Waals surface area contributed by atoms with E-state index in [4.69, 9.17) is 4.74 Å². The van der Waals surface area contributed by atoms with Crippen molar-refractivity contribution < 1.29 is 24.2 Å². The molecule has 7 heteroatoms. The van der Waals surface area contributed by atoms with Crippen LogP contribution in [-0.2, 0) is 14.3 Å². The van der Waals surface area contributed by atoms with Gasteiger partial charge in [-0.15, -0.1) is 0 Å². The molecule has 1 atom stereocenters. The Morgan fingerprint density at radius 1 is 0.971 bits per heavy atom. The number of hydrogen-bond acceptors (Lipinski definition) is 4. The fourth-order valence-electron chi connectivity index (χ4n) is 5.27. The van der Waals surface area contributed by atoms with Crippen LogP contribution in [0.2, 0.25) is 0 Å². The zero-order valence-corrected chi connectivity index (χ0v) is 20.5. The van der Waals surface area contributed by atoms with Crippen molar-refractivity contribution in [1.29, 1.82) is 0 Å². The molecule has 2 amide bonds. The number of amides is 2. The molecule has 2 aliphatic rings. The molecule has 1 fully saturated rings. The maximum atomic E-state index is 13.1. The van der Waals surface area contributed by atoms with Crippen LogP contribution in [0.3, 0.4) is 0 Å². The largest absolute Gasteiger partial charge is 0.480 e. The quantitative estimate of drug-likeness (QED) is 0.613. The van der Waals surface area contributed by atoms with Crippen LogP contribution in [-0.4, -0.2) is 52.7 Å². The highest BCUT2D eigenvalue weighted by Crippen LogP contribution is 2.44. The van der Waals surface area contributed by atoms with E-state index >= 15 is 0 Å². The lowest BCUT2D eigenvalue weighted by Crippen LogP contribution is -2.51. The molecule has 0 aromatic heterocycles. The Balaban J connectivity index is 1.37. The second kappa shape index (κ2) is 10.5. The molecule has 1 aliphatic carbocycles. The average Bonchev–Trinajstić information content (AvgIpc) is 3.10. The lowest BCUT2D eigenvalue weighted by molar-refractivity contribution is -0.151. The number of likely N-dealkylation sites (tertiary alicyclic amines) is 1. The second-order valence-electron chi connectivity index (χ2n) is 10.2. The number of benzene rings is 2. The van der Waals surface area contributed by atoms with Gasteiger partial charge in [-0.05, 0) is 48.9 Å². The minimum absolute atomic E-state index is 0.000968. The summed E-state index contributed by atoms with van der Waals surface area (Å²) in [4.78, 5) is 39.1. The summed E-state index contributed by atoms with van der Waals surface area (Å²) in [6.07, 6.45) is 3.42. The van der Waals surface area contributed by atoms with Crippen molar-refractivity contribution in [3.63, 3.8) is 0 Å². The number of carboxylic acids is 1. The molecule has 0 spiro atoms. The standard InChI is InChI=1S/C28H34N2O5/c1-28(2,17-25(31)30-16-10-4-3-5-15-24(30)26(32)33)29-27(34)35-18-23-21-13-8-6-11-19(21)20-12-7-9-14-22(20)23/h6-9,11-14,23-24H,3-5,10,15-18H2,1-2H3,(H,29,34)(H,32,33). The number of alkyl carbamates (subject to hydrolysis) is 1. The van der Waals surface area contributed by atoms with Gasteiger partial charge in [0.15, 0.2) is 0 Å². The van der Waals surface area contributed by atoms with Crippen LogP contribution in [0.4, 0.5) is 4.79 Å². The summed E-state index contributed by atoms with van der Waals surface area (Å²) in [6, 6.07) is 15.5. The van der Waals surface area contributed by atoms with Crippen molar-refractivity contribution in [1.82, 2.24) is 10.2 Å². The Morgan fingerprint density at radius 3 is 2.20 bits per heavy atom. The van der Waals surface area contributed by atoms with Crippen LogP contribution in [0.1, 0.15) is 69.4 Å². The molecule has 0 saturated carbocycles. The van der Waals surface area contributed by atoms with Crippen LogP contribution in [0.25, 0.3) is 11.1 Å². The summed E-state index contributed by atoms with van der Waals surface area (Å²) in [5.41, 5.74) is 3.69. The van der Waals surface area contributed by atoms with Gasteiger partial charge in [-0.2, -0.15) is 0 Å². The highest BCUT2D eigenvalue weighted by molar-refractivity contribution is 5.85. The Labute approximate surface area is 206 Å². The predicted octanol–water partition coefficient (Wildman–Crippen LogP) is 4.94. The molecule has 1 heterocycles. The predicted molar refractivity (Wildman–Crippen MR) is 133 cm³/mol. The van der Waals surface area contributed by atoms with E-state index in [-0.39, 0.29) is 24.9 Å². The van der Waals surface area contributed by atoms with Gasteiger partial charge >= 0.3 is 12.1 Å². The number of ether oxygens (including phenoxy) is 1. The Kier molecular flexibility index (Phi) is 7.43. The molecule has 1 saturated heterocycles. The molecule has 0 bridgehead atoms. The van der Waals surface area contributed by atoms with E-state index in [1.54, 1.807) is 13.8 Å². The molecule has 4 rings (SSSR count). The first-order valence-corrected chi connectivity index (χ1v) is 12.4. The number of carbonyl (C=O) groups excluding carboxylic acids is 2.